The fraction of sp³-hybridized carbons (Fsp3) is 0.205. The molecule has 6 aromatic rings. The van der Waals surface area contributed by atoms with Gasteiger partial charge in [0.2, 0.25) is 0 Å². The number of aromatic nitrogens is 4. The van der Waals surface area contributed by atoms with Crippen molar-refractivity contribution in [2.75, 3.05) is 12.3 Å². The van der Waals surface area contributed by atoms with E-state index in [1.165, 1.54) is 18.4 Å². The Morgan fingerprint density at radius 1 is 0.689 bits per heavy atom. The van der Waals surface area contributed by atoms with Crippen LogP contribution in [0, 0.1) is 5.92 Å². The van der Waals surface area contributed by atoms with E-state index in [1.807, 2.05) is 22.9 Å². The Kier molecular flexibility index (Phi) is 6.90. The second kappa shape index (κ2) is 11.4. The first-order valence-electron chi connectivity index (χ1n) is 15.9. The average Bonchev–Trinajstić information content (AvgIpc) is 3.86. The molecular weight excluding hydrogens is 554 g/mol. The predicted molar refractivity (Wildman–Crippen MR) is 178 cm³/mol. The van der Waals surface area contributed by atoms with E-state index in [9.17, 15) is 0 Å². The molecule has 0 bridgehead atoms. The van der Waals surface area contributed by atoms with Crippen LogP contribution in [0.15, 0.2) is 127 Å². The summed E-state index contributed by atoms with van der Waals surface area (Å²) in [6.07, 6.45) is 4.74. The molecule has 1 atom stereocenters. The van der Waals surface area contributed by atoms with Crippen molar-refractivity contribution in [1.82, 2.24) is 20.2 Å². The van der Waals surface area contributed by atoms with Crippen LogP contribution in [0.3, 0.4) is 0 Å². The molecule has 1 aliphatic carbocycles. The van der Waals surface area contributed by atoms with E-state index in [4.69, 9.17) is 20.8 Å². The number of benzene rings is 5. The van der Waals surface area contributed by atoms with Crippen LogP contribution in [0.2, 0.25) is 0 Å². The van der Waals surface area contributed by atoms with Crippen LogP contribution in [0.5, 0.6) is 5.75 Å². The van der Waals surface area contributed by atoms with Gasteiger partial charge in [0.25, 0.3) is 0 Å². The second-order valence-corrected chi connectivity index (χ2v) is 12.2. The lowest BCUT2D eigenvalue weighted by molar-refractivity contribution is 0.317. The summed E-state index contributed by atoms with van der Waals surface area (Å²) in [5.41, 5.74) is 14.1. The summed E-state index contributed by atoms with van der Waals surface area (Å²) in [6, 6.07) is 44.3. The van der Waals surface area contributed by atoms with Gasteiger partial charge in [-0.1, -0.05) is 115 Å². The number of anilines is 1. The van der Waals surface area contributed by atoms with Gasteiger partial charge in [-0.25, -0.2) is 4.68 Å². The highest BCUT2D eigenvalue weighted by molar-refractivity contribution is 5.84. The molecule has 222 valence electrons. The number of rotatable bonds is 7. The van der Waals surface area contributed by atoms with Crippen LogP contribution in [0.4, 0.5) is 5.69 Å². The van der Waals surface area contributed by atoms with Gasteiger partial charge in [-0.2, -0.15) is 0 Å². The summed E-state index contributed by atoms with van der Waals surface area (Å²) in [7, 11) is 0. The Morgan fingerprint density at radius 3 is 1.87 bits per heavy atom. The Labute approximate surface area is 263 Å². The molecule has 2 N–H and O–H groups in total. The minimum absolute atomic E-state index is 0.476. The molecule has 1 saturated carbocycles. The van der Waals surface area contributed by atoms with Crippen molar-refractivity contribution >= 4 is 5.69 Å². The van der Waals surface area contributed by atoms with Gasteiger partial charge in [0.05, 0.1) is 12.3 Å². The highest BCUT2D eigenvalue weighted by Gasteiger charge is 2.42. The van der Waals surface area contributed by atoms with Gasteiger partial charge in [0.15, 0.2) is 5.82 Å². The first-order chi connectivity index (χ1) is 22.2. The average molecular weight is 590 g/mol. The zero-order valence-electron chi connectivity index (χ0n) is 25.1. The summed E-state index contributed by atoms with van der Waals surface area (Å²) >= 11 is 0. The summed E-state index contributed by atoms with van der Waals surface area (Å²) in [6.45, 7) is 0.714. The summed E-state index contributed by atoms with van der Waals surface area (Å²) in [5, 5.41) is 13.9. The molecule has 2 heterocycles. The summed E-state index contributed by atoms with van der Waals surface area (Å²) in [5.74, 6) is 2.73. The van der Waals surface area contributed by atoms with Gasteiger partial charge in [0, 0.05) is 11.1 Å². The number of nitrogen functional groups attached to an aromatic ring is 1. The molecule has 1 unspecified atom stereocenters. The van der Waals surface area contributed by atoms with E-state index >= 15 is 0 Å². The molecule has 1 aromatic heterocycles. The normalized spacial score (nSPS) is 16.4. The second-order valence-electron chi connectivity index (χ2n) is 12.2. The van der Waals surface area contributed by atoms with Crippen LogP contribution in [0.1, 0.15) is 53.9 Å². The third kappa shape index (κ3) is 4.69. The lowest BCUT2D eigenvalue weighted by Crippen LogP contribution is -2.39. The predicted octanol–water partition coefficient (Wildman–Crippen LogP) is 8.10. The standard InChI is InChI=1S/C39H35N5O/c40-36-26-28(25-35-32(27-22-23-27)21-12-24-45-37(35)36)33-19-10-11-20-34(33)38-41-42-43-44(38)39(29-13-4-1-5-14-29,30-15-6-2-7-16-30)31-17-8-3-9-18-31/h1-11,13-20,25-27,32H,12,21-24,40H2. The van der Waals surface area contributed by atoms with Gasteiger partial charge in [0.1, 0.15) is 11.3 Å². The van der Waals surface area contributed by atoms with E-state index in [2.05, 4.69) is 114 Å². The molecule has 1 aliphatic heterocycles. The minimum Gasteiger partial charge on any atom is -0.491 e. The quantitative estimate of drug-likeness (QED) is 0.150. The van der Waals surface area contributed by atoms with Crippen molar-refractivity contribution in [2.24, 2.45) is 5.92 Å². The molecule has 6 nitrogen and oxygen atoms in total. The van der Waals surface area contributed by atoms with Crippen molar-refractivity contribution in [3.63, 3.8) is 0 Å². The molecule has 0 radical (unpaired) electrons. The zero-order valence-corrected chi connectivity index (χ0v) is 25.1. The molecular formula is C39H35N5O. The fourth-order valence-electron chi connectivity index (χ4n) is 7.31. The summed E-state index contributed by atoms with van der Waals surface area (Å²) < 4.78 is 8.22. The maximum Gasteiger partial charge on any atom is 0.184 e. The lowest BCUT2D eigenvalue weighted by atomic mass is 9.77. The Hall–Kier alpha value is -5.23. The van der Waals surface area contributed by atoms with E-state index < -0.39 is 5.54 Å². The monoisotopic (exact) mass is 589 g/mol. The van der Waals surface area contributed by atoms with E-state index in [1.54, 1.807) is 0 Å². The number of ether oxygens (including phenoxy) is 1. The number of nitrogens with zero attached hydrogens (tertiary/aromatic N) is 4. The molecule has 8 rings (SSSR count). The molecule has 0 spiro atoms. The van der Waals surface area contributed by atoms with E-state index in [-0.39, 0.29) is 0 Å². The minimum atomic E-state index is -0.840. The molecule has 5 aromatic carbocycles. The van der Waals surface area contributed by atoms with Crippen LogP contribution >= 0.6 is 0 Å². The topological polar surface area (TPSA) is 78.9 Å². The third-order valence-corrected chi connectivity index (χ3v) is 9.48. The molecule has 2 aliphatic rings. The molecule has 0 saturated heterocycles. The maximum atomic E-state index is 6.76. The lowest BCUT2D eigenvalue weighted by Gasteiger charge is -2.36. The number of hydrogen-bond donors (Lipinski definition) is 1. The zero-order chi connectivity index (χ0) is 30.2. The third-order valence-electron chi connectivity index (χ3n) is 9.48. The Bertz CT molecular complexity index is 1840. The SMILES string of the molecule is Nc1cc(-c2ccccc2-c2nnnn2C(c2ccccc2)(c2ccccc2)c2ccccc2)cc2c1OCCCC2C1CC1. The van der Waals surface area contributed by atoms with Crippen molar-refractivity contribution in [1.29, 1.82) is 0 Å². The van der Waals surface area contributed by atoms with E-state index in [0.29, 0.717) is 30.0 Å². The highest BCUT2D eigenvalue weighted by Crippen LogP contribution is 2.51. The highest BCUT2D eigenvalue weighted by atomic mass is 16.5. The largest absolute Gasteiger partial charge is 0.491 e. The molecule has 6 heteroatoms. The van der Waals surface area contributed by atoms with Gasteiger partial charge in [-0.3, -0.25) is 0 Å². The van der Waals surface area contributed by atoms with Crippen molar-refractivity contribution < 1.29 is 4.74 Å². The Balaban J connectivity index is 1.37. The number of tetrazole rings is 1. The van der Waals surface area contributed by atoms with Gasteiger partial charge < -0.3 is 10.5 Å². The first kappa shape index (κ1) is 27.3. The van der Waals surface area contributed by atoms with Crippen molar-refractivity contribution in [2.45, 2.75) is 37.1 Å². The van der Waals surface area contributed by atoms with E-state index in [0.717, 1.165) is 52.0 Å². The number of hydrogen-bond acceptors (Lipinski definition) is 5. The van der Waals surface area contributed by atoms with Gasteiger partial charge >= 0.3 is 0 Å². The smallest absolute Gasteiger partial charge is 0.184 e. The van der Waals surface area contributed by atoms with Crippen molar-refractivity contribution in [3.8, 4) is 28.3 Å². The van der Waals surface area contributed by atoms with Crippen LogP contribution in [-0.2, 0) is 5.54 Å². The molecule has 45 heavy (non-hydrogen) atoms. The van der Waals surface area contributed by atoms with Crippen LogP contribution in [-0.4, -0.2) is 26.8 Å². The number of fused-ring (bicyclic) bond motifs is 1. The first-order valence-corrected chi connectivity index (χ1v) is 15.9. The van der Waals surface area contributed by atoms with Gasteiger partial charge in [-0.05, 0) is 87.9 Å². The number of nitrogens with two attached hydrogens (primary N) is 1. The van der Waals surface area contributed by atoms with Gasteiger partial charge in [-0.15, -0.1) is 5.10 Å². The molecule has 0 amide bonds. The molecule has 1 fully saturated rings. The van der Waals surface area contributed by atoms with Crippen LogP contribution in [0.25, 0.3) is 22.5 Å². The maximum absolute atomic E-state index is 6.76. The van der Waals surface area contributed by atoms with Crippen molar-refractivity contribution in [3.05, 3.63) is 150 Å². The fourth-order valence-corrected chi connectivity index (χ4v) is 7.31. The Morgan fingerprint density at radius 2 is 1.27 bits per heavy atom. The summed E-state index contributed by atoms with van der Waals surface area (Å²) in [4.78, 5) is 0. The van der Waals surface area contributed by atoms with Crippen LogP contribution < -0.4 is 10.5 Å².